The number of pyridine rings is 2. The predicted molar refractivity (Wildman–Crippen MR) is 62.3 cm³/mol. The molecule has 0 saturated heterocycles. The molecule has 2 aromatic rings. The summed E-state index contributed by atoms with van der Waals surface area (Å²) in [7, 11) is 0. The van der Waals surface area contributed by atoms with Crippen molar-refractivity contribution < 1.29 is 4.39 Å². The quantitative estimate of drug-likeness (QED) is 0.621. The fourth-order valence-corrected chi connectivity index (χ4v) is 1.65. The second-order valence-electron chi connectivity index (χ2n) is 3.80. The van der Waals surface area contributed by atoms with Crippen LogP contribution in [-0.2, 0) is 0 Å². The highest BCUT2D eigenvalue weighted by molar-refractivity contribution is 5.27. The van der Waals surface area contributed by atoms with Gasteiger partial charge in [-0.1, -0.05) is 6.07 Å². The Morgan fingerprint density at radius 2 is 2.12 bits per heavy atom. The molecule has 2 heterocycles. The van der Waals surface area contributed by atoms with Crippen LogP contribution in [0.3, 0.4) is 0 Å². The Labute approximate surface area is 98.7 Å². The van der Waals surface area contributed by atoms with Crippen LogP contribution in [0.2, 0.25) is 0 Å². The van der Waals surface area contributed by atoms with E-state index >= 15 is 0 Å². The smallest absolute Gasteiger partial charge is 0.141 e. The summed E-state index contributed by atoms with van der Waals surface area (Å²) < 4.78 is 12.8. The fourth-order valence-electron chi connectivity index (χ4n) is 1.65. The van der Waals surface area contributed by atoms with Crippen LogP contribution >= 0.6 is 0 Å². The van der Waals surface area contributed by atoms with Gasteiger partial charge in [-0.05, 0) is 30.2 Å². The van der Waals surface area contributed by atoms with Gasteiger partial charge < -0.3 is 0 Å². The molecule has 0 radical (unpaired) electrons. The van der Waals surface area contributed by atoms with Crippen LogP contribution in [-0.4, -0.2) is 9.97 Å². The number of nitrogens with zero attached hydrogens (tertiary/aromatic N) is 2. The molecule has 0 saturated carbocycles. The van der Waals surface area contributed by atoms with Crippen LogP contribution in [0.4, 0.5) is 4.39 Å². The summed E-state index contributed by atoms with van der Waals surface area (Å²) in [4.78, 5) is 8.11. The molecule has 0 bridgehead atoms. The van der Waals surface area contributed by atoms with Crippen molar-refractivity contribution in [2.24, 2.45) is 5.84 Å². The zero-order valence-corrected chi connectivity index (χ0v) is 9.39. The van der Waals surface area contributed by atoms with Crippen LogP contribution in [0.25, 0.3) is 0 Å². The monoisotopic (exact) mass is 232 g/mol. The number of hydrazine groups is 1. The molecule has 2 rings (SSSR count). The number of hydrogen-bond acceptors (Lipinski definition) is 4. The van der Waals surface area contributed by atoms with E-state index in [1.54, 1.807) is 18.5 Å². The molecule has 88 valence electrons. The molecule has 1 unspecified atom stereocenters. The zero-order chi connectivity index (χ0) is 12.3. The molecule has 4 nitrogen and oxygen atoms in total. The summed E-state index contributed by atoms with van der Waals surface area (Å²) in [5, 5.41) is 0. The van der Waals surface area contributed by atoms with Gasteiger partial charge in [0.1, 0.15) is 5.82 Å². The molecule has 0 aromatic carbocycles. The Hall–Kier alpha value is -1.85. The van der Waals surface area contributed by atoms with E-state index in [4.69, 9.17) is 5.84 Å². The largest absolute Gasteiger partial charge is 0.271 e. The summed E-state index contributed by atoms with van der Waals surface area (Å²) in [6.07, 6.45) is 4.64. The lowest BCUT2D eigenvalue weighted by Gasteiger charge is -2.15. The number of halogens is 1. The fraction of sp³-hybridized carbons (Fsp3) is 0.167. The van der Waals surface area contributed by atoms with Crippen molar-refractivity contribution in [1.29, 1.82) is 0 Å². The lowest BCUT2D eigenvalue weighted by molar-refractivity contribution is 0.595. The topological polar surface area (TPSA) is 63.8 Å². The first-order chi connectivity index (χ1) is 8.20. The first-order valence-corrected chi connectivity index (χ1v) is 5.20. The van der Waals surface area contributed by atoms with Crippen molar-refractivity contribution in [3.8, 4) is 0 Å². The molecule has 0 aliphatic carbocycles. The lowest BCUT2D eigenvalue weighted by atomic mass is 10.0. The second kappa shape index (κ2) is 4.99. The maximum absolute atomic E-state index is 12.8. The summed E-state index contributed by atoms with van der Waals surface area (Å²) in [6.45, 7) is 1.95. The third-order valence-corrected chi connectivity index (χ3v) is 2.44. The molecule has 3 N–H and O–H groups in total. The normalized spacial score (nSPS) is 12.4. The number of rotatable bonds is 3. The maximum atomic E-state index is 12.8. The van der Waals surface area contributed by atoms with E-state index < -0.39 is 0 Å². The average Bonchev–Trinajstić information content (AvgIpc) is 2.33. The molecule has 0 aliphatic rings. The number of aromatic nitrogens is 2. The third kappa shape index (κ3) is 2.64. The van der Waals surface area contributed by atoms with Crippen molar-refractivity contribution in [2.45, 2.75) is 13.0 Å². The van der Waals surface area contributed by atoms with E-state index in [1.165, 1.54) is 12.3 Å². The Balaban J connectivity index is 2.36. The van der Waals surface area contributed by atoms with E-state index in [1.807, 2.05) is 13.0 Å². The molecule has 0 amide bonds. The molecule has 0 fully saturated rings. The first-order valence-electron chi connectivity index (χ1n) is 5.20. The van der Waals surface area contributed by atoms with Gasteiger partial charge in [0, 0.05) is 12.4 Å². The van der Waals surface area contributed by atoms with Gasteiger partial charge >= 0.3 is 0 Å². The molecular weight excluding hydrogens is 219 g/mol. The van der Waals surface area contributed by atoms with Gasteiger partial charge in [0.15, 0.2) is 0 Å². The SMILES string of the molecule is Cc1cncc(C(NN)c2ccc(F)cn2)c1. The van der Waals surface area contributed by atoms with Crippen LogP contribution in [0.5, 0.6) is 0 Å². The maximum Gasteiger partial charge on any atom is 0.141 e. The van der Waals surface area contributed by atoms with Gasteiger partial charge in [-0.3, -0.25) is 15.8 Å². The highest BCUT2D eigenvalue weighted by Crippen LogP contribution is 2.19. The highest BCUT2D eigenvalue weighted by atomic mass is 19.1. The van der Waals surface area contributed by atoms with E-state index in [0.29, 0.717) is 5.69 Å². The minimum Gasteiger partial charge on any atom is -0.271 e. The minimum absolute atomic E-state index is 0.289. The Morgan fingerprint density at radius 3 is 2.71 bits per heavy atom. The Morgan fingerprint density at radius 1 is 1.29 bits per heavy atom. The standard InChI is InChI=1S/C12H13FN4/c1-8-4-9(6-15-5-8)12(17-14)11-3-2-10(13)7-16-11/h2-7,12,17H,14H2,1H3. The summed E-state index contributed by atoms with van der Waals surface area (Å²) in [5.41, 5.74) is 5.24. The second-order valence-corrected chi connectivity index (χ2v) is 3.80. The van der Waals surface area contributed by atoms with Crippen molar-refractivity contribution in [3.63, 3.8) is 0 Å². The van der Waals surface area contributed by atoms with Crippen LogP contribution in [0, 0.1) is 12.7 Å². The van der Waals surface area contributed by atoms with E-state index in [0.717, 1.165) is 11.1 Å². The van der Waals surface area contributed by atoms with Crippen molar-refractivity contribution in [3.05, 3.63) is 59.4 Å². The summed E-state index contributed by atoms with van der Waals surface area (Å²) >= 11 is 0. The van der Waals surface area contributed by atoms with Crippen molar-refractivity contribution in [2.75, 3.05) is 0 Å². The van der Waals surface area contributed by atoms with Gasteiger partial charge in [-0.15, -0.1) is 0 Å². The molecule has 0 aliphatic heterocycles. The summed E-state index contributed by atoms with van der Waals surface area (Å²) in [6, 6.07) is 4.63. The first kappa shape index (κ1) is 11.6. The zero-order valence-electron chi connectivity index (χ0n) is 9.39. The predicted octanol–water partition coefficient (Wildman–Crippen LogP) is 1.48. The van der Waals surface area contributed by atoms with Gasteiger partial charge in [0.25, 0.3) is 0 Å². The Kier molecular flexibility index (Phi) is 3.41. The van der Waals surface area contributed by atoms with Gasteiger partial charge in [0.05, 0.1) is 17.9 Å². The van der Waals surface area contributed by atoms with Gasteiger partial charge in [0.2, 0.25) is 0 Å². The van der Waals surface area contributed by atoms with Crippen LogP contribution in [0.15, 0.2) is 36.8 Å². The Bertz CT molecular complexity index is 498. The third-order valence-electron chi connectivity index (χ3n) is 2.44. The number of hydrogen-bond donors (Lipinski definition) is 2. The van der Waals surface area contributed by atoms with Crippen molar-refractivity contribution in [1.82, 2.24) is 15.4 Å². The van der Waals surface area contributed by atoms with Crippen LogP contribution < -0.4 is 11.3 Å². The summed E-state index contributed by atoms with van der Waals surface area (Å²) in [5.74, 6) is 5.14. The number of aryl methyl sites for hydroxylation is 1. The molecular formula is C12H13FN4. The van der Waals surface area contributed by atoms with E-state index in [2.05, 4.69) is 15.4 Å². The lowest BCUT2D eigenvalue weighted by Crippen LogP contribution is -2.29. The van der Waals surface area contributed by atoms with Crippen molar-refractivity contribution >= 4 is 0 Å². The highest BCUT2D eigenvalue weighted by Gasteiger charge is 2.14. The average molecular weight is 232 g/mol. The van der Waals surface area contributed by atoms with Gasteiger partial charge in [-0.2, -0.15) is 0 Å². The number of nitrogens with two attached hydrogens (primary N) is 1. The van der Waals surface area contributed by atoms with Crippen LogP contribution in [0.1, 0.15) is 22.9 Å². The van der Waals surface area contributed by atoms with E-state index in [-0.39, 0.29) is 11.9 Å². The van der Waals surface area contributed by atoms with E-state index in [9.17, 15) is 4.39 Å². The van der Waals surface area contributed by atoms with Gasteiger partial charge in [-0.25, -0.2) is 9.82 Å². The molecule has 0 spiro atoms. The molecule has 1 atom stereocenters. The molecule has 5 heteroatoms. The number of nitrogens with one attached hydrogen (secondary N) is 1. The minimum atomic E-state index is -0.369. The molecule has 2 aromatic heterocycles. The molecule has 17 heavy (non-hydrogen) atoms.